The third-order valence-corrected chi connectivity index (χ3v) is 3.22. The number of rotatable bonds is 4. The van der Waals surface area contributed by atoms with Gasteiger partial charge in [-0.2, -0.15) is 0 Å². The van der Waals surface area contributed by atoms with Gasteiger partial charge in [0.25, 0.3) is 0 Å². The van der Waals surface area contributed by atoms with Crippen LogP contribution < -0.4 is 0 Å². The van der Waals surface area contributed by atoms with Crippen molar-refractivity contribution in [1.29, 1.82) is 0 Å². The van der Waals surface area contributed by atoms with Gasteiger partial charge in [0.2, 0.25) is 0 Å². The molecule has 0 unspecified atom stereocenters. The average Bonchev–Trinajstić information content (AvgIpc) is 2.18. The number of Topliss-reactive ketones (excluding diaryl/α,β-unsaturated/α-hetero) is 1. The molecule has 0 amide bonds. The van der Waals surface area contributed by atoms with Gasteiger partial charge in [-0.25, -0.2) is 0 Å². The Bertz CT molecular complexity index is 179. The van der Waals surface area contributed by atoms with E-state index in [-0.39, 0.29) is 5.92 Å². The van der Waals surface area contributed by atoms with Gasteiger partial charge in [-0.05, 0) is 31.6 Å². The molecule has 0 N–H and O–H groups in total. The lowest BCUT2D eigenvalue weighted by Gasteiger charge is -2.28. The van der Waals surface area contributed by atoms with Gasteiger partial charge < -0.3 is 4.74 Å². The maximum absolute atomic E-state index is 11.7. The topological polar surface area (TPSA) is 26.3 Å². The fourth-order valence-electron chi connectivity index (χ4n) is 2.32. The third-order valence-electron chi connectivity index (χ3n) is 3.22. The Labute approximate surface area is 87.0 Å². The van der Waals surface area contributed by atoms with Gasteiger partial charge in [-0.15, -0.1) is 0 Å². The van der Waals surface area contributed by atoms with Crippen LogP contribution in [0.3, 0.4) is 0 Å². The molecule has 0 heterocycles. The lowest BCUT2D eigenvalue weighted by Crippen LogP contribution is -2.26. The van der Waals surface area contributed by atoms with E-state index in [1.165, 1.54) is 0 Å². The SMILES string of the molecule is COCC1CCC(C(=O)C(C)C)CC1. The Morgan fingerprint density at radius 1 is 1.29 bits per heavy atom. The highest BCUT2D eigenvalue weighted by molar-refractivity contribution is 5.82. The van der Waals surface area contributed by atoms with E-state index in [0.29, 0.717) is 17.6 Å². The van der Waals surface area contributed by atoms with E-state index in [2.05, 4.69) is 0 Å². The Kier molecular flexibility index (Phi) is 4.59. The van der Waals surface area contributed by atoms with Crippen molar-refractivity contribution in [2.24, 2.45) is 17.8 Å². The van der Waals surface area contributed by atoms with Gasteiger partial charge in [0.05, 0.1) is 0 Å². The molecule has 1 aliphatic rings. The number of carbonyl (C=O) groups excluding carboxylic acids is 1. The molecule has 0 bridgehead atoms. The predicted octanol–water partition coefficient (Wildman–Crippen LogP) is 2.66. The second kappa shape index (κ2) is 5.50. The van der Waals surface area contributed by atoms with Crippen LogP contribution in [0.2, 0.25) is 0 Å². The van der Waals surface area contributed by atoms with Gasteiger partial charge in [-0.1, -0.05) is 13.8 Å². The number of ether oxygens (including phenoxy) is 1. The van der Waals surface area contributed by atoms with Gasteiger partial charge in [0, 0.05) is 25.6 Å². The Hall–Kier alpha value is -0.370. The summed E-state index contributed by atoms with van der Waals surface area (Å²) in [5, 5.41) is 0. The molecule has 1 fully saturated rings. The van der Waals surface area contributed by atoms with Gasteiger partial charge in [-0.3, -0.25) is 4.79 Å². The van der Waals surface area contributed by atoms with Crippen molar-refractivity contribution in [3.8, 4) is 0 Å². The van der Waals surface area contributed by atoms with Crippen LogP contribution in [0.4, 0.5) is 0 Å². The second-order valence-corrected chi connectivity index (χ2v) is 4.73. The third kappa shape index (κ3) is 3.09. The molecule has 0 aromatic heterocycles. The van der Waals surface area contributed by atoms with E-state index < -0.39 is 0 Å². The normalized spacial score (nSPS) is 28.0. The zero-order chi connectivity index (χ0) is 10.6. The summed E-state index contributed by atoms with van der Waals surface area (Å²) < 4.78 is 5.14. The van der Waals surface area contributed by atoms with Crippen molar-refractivity contribution in [1.82, 2.24) is 0 Å². The van der Waals surface area contributed by atoms with E-state index in [0.717, 1.165) is 32.3 Å². The van der Waals surface area contributed by atoms with Crippen molar-refractivity contribution < 1.29 is 9.53 Å². The summed E-state index contributed by atoms with van der Waals surface area (Å²) in [6.45, 7) is 4.87. The average molecular weight is 198 g/mol. The van der Waals surface area contributed by atoms with Crippen LogP contribution >= 0.6 is 0 Å². The van der Waals surface area contributed by atoms with E-state index in [4.69, 9.17) is 4.74 Å². The van der Waals surface area contributed by atoms with E-state index in [9.17, 15) is 4.79 Å². The first-order chi connectivity index (χ1) is 6.65. The molecule has 2 nitrogen and oxygen atoms in total. The number of carbonyl (C=O) groups is 1. The Morgan fingerprint density at radius 3 is 2.29 bits per heavy atom. The molecule has 1 saturated carbocycles. The van der Waals surface area contributed by atoms with Crippen LogP contribution in [0.1, 0.15) is 39.5 Å². The second-order valence-electron chi connectivity index (χ2n) is 4.73. The Morgan fingerprint density at radius 2 is 1.86 bits per heavy atom. The molecule has 2 heteroatoms. The zero-order valence-corrected chi connectivity index (χ0v) is 9.58. The minimum Gasteiger partial charge on any atom is -0.384 e. The first-order valence-corrected chi connectivity index (χ1v) is 5.67. The standard InChI is InChI=1S/C12H22O2/c1-9(2)12(13)11-6-4-10(5-7-11)8-14-3/h9-11H,4-8H2,1-3H3. The largest absolute Gasteiger partial charge is 0.384 e. The quantitative estimate of drug-likeness (QED) is 0.694. The van der Waals surface area contributed by atoms with Crippen LogP contribution in [0, 0.1) is 17.8 Å². The van der Waals surface area contributed by atoms with Gasteiger partial charge >= 0.3 is 0 Å². The van der Waals surface area contributed by atoms with Crippen LogP contribution in [-0.4, -0.2) is 19.5 Å². The van der Waals surface area contributed by atoms with Crippen LogP contribution in [-0.2, 0) is 9.53 Å². The summed E-state index contributed by atoms with van der Waals surface area (Å²) in [5.41, 5.74) is 0. The highest BCUT2D eigenvalue weighted by atomic mass is 16.5. The molecule has 82 valence electrons. The summed E-state index contributed by atoms with van der Waals surface area (Å²) in [5.74, 6) is 1.69. The van der Waals surface area contributed by atoms with Crippen molar-refractivity contribution in [3.63, 3.8) is 0 Å². The maximum atomic E-state index is 11.7. The van der Waals surface area contributed by atoms with Gasteiger partial charge in [0.1, 0.15) is 5.78 Å². The summed E-state index contributed by atoms with van der Waals surface area (Å²) in [7, 11) is 1.76. The van der Waals surface area contributed by atoms with E-state index >= 15 is 0 Å². The summed E-state index contributed by atoms with van der Waals surface area (Å²) in [6.07, 6.45) is 4.48. The van der Waals surface area contributed by atoms with E-state index in [1.807, 2.05) is 13.8 Å². The summed E-state index contributed by atoms with van der Waals surface area (Å²) in [4.78, 5) is 11.7. The summed E-state index contributed by atoms with van der Waals surface area (Å²) in [6, 6.07) is 0. The number of hydrogen-bond acceptors (Lipinski definition) is 2. The molecule has 1 rings (SSSR count). The first-order valence-electron chi connectivity index (χ1n) is 5.67. The fraction of sp³-hybridized carbons (Fsp3) is 0.917. The lowest BCUT2D eigenvalue weighted by molar-refractivity contribution is -0.127. The van der Waals surface area contributed by atoms with Crippen molar-refractivity contribution >= 4 is 5.78 Å². The van der Waals surface area contributed by atoms with Crippen LogP contribution in [0.5, 0.6) is 0 Å². The maximum Gasteiger partial charge on any atom is 0.138 e. The number of methoxy groups -OCH3 is 1. The van der Waals surface area contributed by atoms with Crippen molar-refractivity contribution in [2.45, 2.75) is 39.5 Å². The lowest BCUT2D eigenvalue weighted by atomic mass is 9.78. The molecule has 14 heavy (non-hydrogen) atoms. The Balaban J connectivity index is 2.32. The smallest absolute Gasteiger partial charge is 0.138 e. The van der Waals surface area contributed by atoms with Crippen molar-refractivity contribution in [3.05, 3.63) is 0 Å². The first kappa shape index (κ1) is 11.7. The highest BCUT2D eigenvalue weighted by Gasteiger charge is 2.27. The molecule has 0 saturated heterocycles. The highest BCUT2D eigenvalue weighted by Crippen LogP contribution is 2.30. The zero-order valence-electron chi connectivity index (χ0n) is 9.58. The summed E-state index contributed by atoms with van der Waals surface area (Å²) >= 11 is 0. The molecule has 0 aliphatic heterocycles. The molecule has 0 radical (unpaired) electrons. The molecule has 0 aromatic carbocycles. The molecular formula is C12H22O2. The number of hydrogen-bond donors (Lipinski definition) is 0. The van der Waals surface area contributed by atoms with Crippen LogP contribution in [0.25, 0.3) is 0 Å². The molecule has 0 atom stereocenters. The minimum atomic E-state index is 0.207. The van der Waals surface area contributed by atoms with Crippen molar-refractivity contribution in [2.75, 3.05) is 13.7 Å². The number of ketones is 1. The molecule has 0 spiro atoms. The minimum absolute atomic E-state index is 0.207. The van der Waals surface area contributed by atoms with E-state index in [1.54, 1.807) is 7.11 Å². The molecule has 0 aromatic rings. The van der Waals surface area contributed by atoms with Crippen LogP contribution in [0.15, 0.2) is 0 Å². The molecule has 1 aliphatic carbocycles. The monoisotopic (exact) mass is 198 g/mol. The fourth-order valence-corrected chi connectivity index (χ4v) is 2.32. The molecular weight excluding hydrogens is 176 g/mol. The predicted molar refractivity (Wildman–Crippen MR) is 57.2 cm³/mol. The van der Waals surface area contributed by atoms with Gasteiger partial charge in [0.15, 0.2) is 0 Å².